The lowest BCUT2D eigenvalue weighted by Gasteiger charge is -2.36. The van der Waals surface area contributed by atoms with Gasteiger partial charge in [-0.25, -0.2) is 9.97 Å². The third-order valence-electron chi connectivity index (χ3n) is 4.75. The van der Waals surface area contributed by atoms with Gasteiger partial charge in [0.15, 0.2) is 0 Å². The molecule has 3 rings (SSSR count). The second-order valence-corrected chi connectivity index (χ2v) is 8.24. The first-order valence-corrected chi connectivity index (χ1v) is 9.43. The molecule has 5 heteroatoms. The van der Waals surface area contributed by atoms with Crippen LogP contribution in [0.5, 0.6) is 0 Å². The van der Waals surface area contributed by atoms with Gasteiger partial charge >= 0.3 is 0 Å². The number of hydrogen-bond donors (Lipinski definition) is 0. The van der Waals surface area contributed by atoms with Crippen LogP contribution in [0.3, 0.4) is 0 Å². The molecule has 1 aromatic rings. The molecule has 1 aliphatic heterocycles. The van der Waals surface area contributed by atoms with Crippen molar-refractivity contribution in [3.05, 3.63) is 17.6 Å². The molecule has 2 heterocycles. The third-order valence-corrected chi connectivity index (χ3v) is 5.01. The van der Waals surface area contributed by atoms with Gasteiger partial charge in [-0.15, -0.1) is 11.6 Å². The summed E-state index contributed by atoms with van der Waals surface area (Å²) < 4.78 is 0. The molecule has 0 N–H and O–H groups in total. The van der Waals surface area contributed by atoms with Crippen LogP contribution < -0.4 is 4.90 Å². The van der Waals surface area contributed by atoms with E-state index in [1.807, 2.05) is 0 Å². The number of alkyl halides is 1. The maximum absolute atomic E-state index is 5.80. The summed E-state index contributed by atoms with van der Waals surface area (Å²) in [5, 5.41) is 0. The van der Waals surface area contributed by atoms with Crippen LogP contribution in [0.2, 0.25) is 0 Å². The molecule has 1 aliphatic carbocycles. The van der Waals surface area contributed by atoms with Crippen molar-refractivity contribution >= 4 is 17.4 Å². The van der Waals surface area contributed by atoms with Crippen LogP contribution in [0.15, 0.2) is 6.07 Å². The summed E-state index contributed by atoms with van der Waals surface area (Å²) in [7, 11) is 0. The molecular formula is C18H29ClN4. The van der Waals surface area contributed by atoms with E-state index in [4.69, 9.17) is 21.6 Å². The van der Waals surface area contributed by atoms with E-state index >= 15 is 0 Å². The van der Waals surface area contributed by atoms with Crippen molar-refractivity contribution in [1.82, 2.24) is 14.9 Å². The van der Waals surface area contributed by atoms with Gasteiger partial charge in [-0.3, -0.25) is 4.90 Å². The Morgan fingerprint density at radius 3 is 2.39 bits per heavy atom. The third kappa shape index (κ3) is 4.36. The number of halogens is 1. The molecule has 0 unspecified atom stereocenters. The number of hydrogen-bond acceptors (Lipinski definition) is 4. The Morgan fingerprint density at radius 1 is 1.13 bits per heavy atom. The van der Waals surface area contributed by atoms with Gasteiger partial charge in [0.1, 0.15) is 11.6 Å². The molecular weight excluding hydrogens is 308 g/mol. The smallest absolute Gasteiger partial charge is 0.134 e. The molecule has 0 atom stereocenters. The van der Waals surface area contributed by atoms with Gasteiger partial charge in [-0.2, -0.15) is 0 Å². The molecule has 1 saturated carbocycles. The molecule has 1 aromatic heterocycles. The monoisotopic (exact) mass is 336 g/mol. The lowest BCUT2D eigenvalue weighted by atomic mass is 9.91. The van der Waals surface area contributed by atoms with Gasteiger partial charge in [0.25, 0.3) is 0 Å². The molecule has 2 fully saturated rings. The highest BCUT2D eigenvalue weighted by atomic mass is 35.5. The SMILES string of the molecule is CC(C)(C)c1cc(N2CCN(CCCCl)CC2)nc(C2CC2)n1. The minimum atomic E-state index is 0.0729. The van der Waals surface area contributed by atoms with Crippen LogP contribution in [0.25, 0.3) is 0 Å². The van der Waals surface area contributed by atoms with Crippen molar-refractivity contribution in [2.75, 3.05) is 43.5 Å². The van der Waals surface area contributed by atoms with Crippen molar-refractivity contribution in [1.29, 1.82) is 0 Å². The van der Waals surface area contributed by atoms with Crippen LogP contribution >= 0.6 is 11.6 Å². The maximum atomic E-state index is 5.80. The Kier molecular flexibility index (Phi) is 5.12. The van der Waals surface area contributed by atoms with Crippen LogP contribution in [-0.2, 0) is 5.41 Å². The highest BCUT2D eigenvalue weighted by Crippen LogP contribution is 2.39. The first-order valence-electron chi connectivity index (χ1n) is 8.90. The van der Waals surface area contributed by atoms with E-state index in [9.17, 15) is 0 Å². The summed E-state index contributed by atoms with van der Waals surface area (Å²) in [4.78, 5) is 14.7. The minimum Gasteiger partial charge on any atom is -0.354 e. The molecule has 1 saturated heterocycles. The standard InChI is InChI=1S/C18H29ClN4/c1-18(2,3)15-13-16(21-17(20-15)14-5-6-14)23-11-9-22(10-12-23)8-4-7-19/h13-14H,4-12H2,1-3H3. The number of nitrogens with zero attached hydrogens (tertiary/aromatic N) is 4. The number of piperazine rings is 1. The molecule has 0 radical (unpaired) electrons. The van der Waals surface area contributed by atoms with Gasteiger partial charge in [0.2, 0.25) is 0 Å². The summed E-state index contributed by atoms with van der Waals surface area (Å²) in [6.45, 7) is 12.1. The second-order valence-electron chi connectivity index (χ2n) is 7.87. The van der Waals surface area contributed by atoms with E-state index in [1.165, 1.54) is 18.5 Å². The van der Waals surface area contributed by atoms with E-state index in [0.29, 0.717) is 5.92 Å². The van der Waals surface area contributed by atoms with Gasteiger partial charge in [0.05, 0.1) is 5.69 Å². The lowest BCUT2D eigenvalue weighted by molar-refractivity contribution is 0.258. The van der Waals surface area contributed by atoms with Gasteiger partial charge in [-0.1, -0.05) is 20.8 Å². The Balaban J connectivity index is 1.73. The summed E-state index contributed by atoms with van der Waals surface area (Å²) in [5.74, 6) is 3.55. The molecule has 23 heavy (non-hydrogen) atoms. The summed E-state index contributed by atoms with van der Waals surface area (Å²) in [5.41, 5.74) is 1.25. The van der Waals surface area contributed by atoms with Gasteiger partial charge in [-0.05, 0) is 25.8 Å². The van der Waals surface area contributed by atoms with Crippen LogP contribution in [0.1, 0.15) is 57.5 Å². The fourth-order valence-corrected chi connectivity index (χ4v) is 3.13. The van der Waals surface area contributed by atoms with E-state index in [2.05, 4.69) is 36.6 Å². The number of rotatable bonds is 5. The van der Waals surface area contributed by atoms with Gasteiger partial charge < -0.3 is 4.90 Å². The molecule has 0 amide bonds. The summed E-state index contributed by atoms with van der Waals surface area (Å²) in [6.07, 6.45) is 3.58. The quantitative estimate of drug-likeness (QED) is 0.771. The zero-order valence-corrected chi connectivity index (χ0v) is 15.4. The van der Waals surface area contributed by atoms with Gasteiger partial charge in [0, 0.05) is 49.5 Å². The molecule has 2 aliphatic rings. The number of aromatic nitrogens is 2. The average Bonchev–Trinajstić information content (AvgIpc) is 3.37. The molecule has 0 spiro atoms. The van der Waals surface area contributed by atoms with Crippen molar-refractivity contribution in [2.24, 2.45) is 0 Å². The van der Waals surface area contributed by atoms with Crippen molar-refractivity contribution in [3.63, 3.8) is 0 Å². The molecule has 0 aromatic carbocycles. The fraction of sp³-hybridized carbons (Fsp3) is 0.778. The Labute approximate surface area is 145 Å². The van der Waals surface area contributed by atoms with E-state index in [1.54, 1.807) is 0 Å². The maximum Gasteiger partial charge on any atom is 0.134 e. The van der Waals surface area contributed by atoms with E-state index in [0.717, 1.165) is 56.7 Å². The molecule has 4 nitrogen and oxygen atoms in total. The normalized spacial score (nSPS) is 20.1. The van der Waals surface area contributed by atoms with E-state index in [-0.39, 0.29) is 5.41 Å². The zero-order chi connectivity index (χ0) is 16.4. The van der Waals surface area contributed by atoms with Crippen LogP contribution in [-0.4, -0.2) is 53.5 Å². The summed E-state index contributed by atoms with van der Waals surface area (Å²) in [6, 6.07) is 2.21. The van der Waals surface area contributed by atoms with E-state index < -0.39 is 0 Å². The number of anilines is 1. The van der Waals surface area contributed by atoms with Crippen molar-refractivity contribution in [3.8, 4) is 0 Å². The Bertz CT molecular complexity index is 528. The Morgan fingerprint density at radius 2 is 1.83 bits per heavy atom. The lowest BCUT2D eigenvalue weighted by Crippen LogP contribution is -2.47. The molecule has 0 bridgehead atoms. The highest BCUT2D eigenvalue weighted by Gasteiger charge is 2.30. The minimum absolute atomic E-state index is 0.0729. The second kappa shape index (κ2) is 6.94. The van der Waals surface area contributed by atoms with Crippen LogP contribution in [0.4, 0.5) is 5.82 Å². The first kappa shape index (κ1) is 17.0. The predicted octanol–water partition coefficient (Wildman–Crippen LogP) is 3.40. The largest absolute Gasteiger partial charge is 0.354 e. The fourth-order valence-electron chi connectivity index (χ4n) is 3.01. The first-order chi connectivity index (χ1) is 11.0. The van der Waals surface area contributed by atoms with Crippen LogP contribution in [0, 0.1) is 0 Å². The van der Waals surface area contributed by atoms with Crippen molar-refractivity contribution in [2.45, 2.75) is 51.4 Å². The molecule has 128 valence electrons. The Hall–Kier alpha value is -0.870. The summed E-state index contributed by atoms with van der Waals surface area (Å²) >= 11 is 5.80. The average molecular weight is 337 g/mol. The predicted molar refractivity (Wildman–Crippen MR) is 96.7 cm³/mol. The highest BCUT2D eigenvalue weighted by molar-refractivity contribution is 6.17. The zero-order valence-electron chi connectivity index (χ0n) is 14.7. The van der Waals surface area contributed by atoms with Crippen molar-refractivity contribution < 1.29 is 0 Å². The topological polar surface area (TPSA) is 32.3 Å².